The molecule has 8 nitrogen and oxygen atoms in total. The van der Waals surface area contributed by atoms with E-state index in [-0.39, 0.29) is 17.7 Å². The molecule has 1 N–H and O–H groups in total. The van der Waals surface area contributed by atoms with Crippen LogP contribution in [0.4, 0.5) is 0 Å². The number of aryl methyl sites for hydroxylation is 1. The molecule has 0 spiro atoms. The average molecular weight is 409 g/mol. The van der Waals surface area contributed by atoms with E-state index >= 15 is 0 Å². The summed E-state index contributed by atoms with van der Waals surface area (Å²) in [6.45, 7) is 5.42. The molecule has 0 amide bonds. The van der Waals surface area contributed by atoms with E-state index < -0.39 is 0 Å². The molecule has 0 unspecified atom stereocenters. The van der Waals surface area contributed by atoms with Crippen LogP contribution in [0, 0.1) is 0 Å². The maximum atomic E-state index is 13.2. The van der Waals surface area contributed by atoms with Gasteiger partial charge in [-0.1, -0.05) is 13.0 Å². The van der Waals surface area contributed by atoms with Gasteiger partial charge in [0, 0.05) is 17.7 Å². The molecule has 2 aliphatic rings. The van der Waals surface area contributed by atoms with Crippen molar-refractivity contribution in [2.24, 2.45) is 0 Å². The molecule has 0 bridgehead atoms. The van der Waals surface area contributed by atoms with Crippen molar-refractivity contribution >= 4 is 10.9 Å². The van der Waals surface area contributed by atoms with Gasteiger partial charge in [-0.3, -0.25) is 9.69 Å². The summed E-state index contributed by atoms with van der Waals surface area (Å²) in [6, 6.07) is 7.98. The van der Waals surface area contributed by atoms with Crippen LogP contribution < -0.4 is 5.56 Å². The SMILES string of the molecule is CCc1ccc2[nH]c(=O)c([C@H](c3nnnn3C[C@@H]3CCCO3)N3CCCC3)cc2c1. The number of aromatic nitrogens is 5. The second kappa shape index (κ2) is 8.28. The van der Waals surface area contributed by atoms with E-state index in [1.165, 1.54) is 5.56 Å². The van der Waals surface area contributed by atoms with E-state index in [9.17, 15) is 4.79 Å². The summed E-state index contributed by atoms with van der Waals surface area (Å²) < 4.78 is 7.64. The lowest BCUT2D eigenvalue weighted by atomic mass is 10.0. The van der Waals surface area contributed by atoms with Crippen molar-refractivity contribution < 1.29 is 4.74 Å². The normalized spacial score (nSPS) is 20.9. The number of aromatic amines is 1. The summed E-state index contributed by atoms with van der Waals surface area (Å²) in [5.74, 6) is 0.726. The van der Waals surface area contributed by atoms with Gasteiger partial charge in [-0.2, -0.15) is 0 Å². The number of ether oxygens (including phenoxy) is 1. The van der Waals surface area contributed by atoms with Gasteiger partial charge < -0.3 is 9.72 Å². The molecular weight excluding hydrogens is 380 g/mol. The quantitative estimate of drug-likeness (QED) is 0.674. The Kier molecular flexibility index (Phi) is 5.35. The van der Waals surface area contributed by atoms with Gasteiger partial charge in [-0.15, -0.1) is 5.10 Å². The minimum absolute atomic E-state index is 0.0738. The van der Waals surface area contributed by atoms with Gasteiger partial charge in [0.25, 0.3) is 5.56 Å². The first-order valence-corrected chi connectivity index (χ1v) is 11.0. The number of tetrazole rings is 1. The number of nitrogens with zero attached hydrogens (tertiary/aromatic N) is 5. The molecule has 2 atom stereocenters. The molecule has 2 fully saturated rings. The number of rotatable bonds is 6. The second-order valence-corrected chi connectivity index (χ2v) is 8.33. The van der Waals surface area contributed by atoms with E-state index in [2.05, 4.69) is 44.5 Å². The molecule has 158 valence electrons. The van der Waals surface area contributed by atoms with Crippen molar-refractivity contribution in [1.29, 1.82) is 0 Å². The van der Waals surface area contributed by atoms with Crippen LogP contribution in [0.2, 0.25) is 0 Å². The smallest absolute Gasteiger partial charge is 0.253 e. The van der Waals surface area contributed by atoms with Crippen LogP contribution in [0.5, 0.6) is 0 Å². The van der Waals surface area contributed by atoms with Gasteiger partial charge in [-0.25, -0.2) is 4.68 Å². The molecule has 0 saturated carbocycles. The fraction of sp³-hybridized carbons (Fsp3) is 0.545. The Bertz CT molecular complexity index is 1080. The zero-order valence-electron chi connectivity index (χ0n) is 17.4. The number of benzene rings is 1. The molecule has 0 aliphatic carbocycles. The molecule has 5 rings (SSSR count). The van der Waals surface area contributed by atoms with E-state index in [1.54, 1.807) is 0 Å². The molecule has 2 saturated heterocycles. The van der Waals surface area contributed by atoms with Crippen LogP contribution in [0.3, 0.4) is 0 Å². The molecular formula is C22H28N6O2. The minimum atomic E-state index is -0.262. The highest BCUT2D eigenvalue weighted by Crippen LogP contribution is 2.30. The van der Waals surface area contributed by atoms with Crippen LogP contribution in [0.25, 0.3) is 10.9 Å². The molecule has 8 heteroatoms. The third-order valence-electron chi connectivity index (χ3n) is 6.35. The Morgan fingerprint density at radius 1 is 1.23 bits per heavy atom. The highest BCUT2D eigenvalue weighted by molar-refractivity contribution is 5.80. The maximum absolute atomic E-state index is 13.2. The summed E-state index contributed by atoms with van der Waals surface area (Å²) in [5, 5.41) is 13.7. The van der Waals surface area contributed by atoms with Crippen molar-refractivity contribution in [1.82, 2.24) is 30.1 Å². The first-order valence-electron chi connectivity index (χ1n) is 11.0. The largest absolute Gasteiger partial charge is 0.376 e. The number of hydrogen-bond donors (Lipinski definition) is 1. The Morgan fingerprint density at radius 3 is 2.87 bits per heavy atom. The van der Waals surface area contributed by atoms with E-state index in [0.717, 1.165) is 68.5 Å². The lowest BCUT2D eigenvalue weighted by Gasteiger charge is -2.27. The average Bonchev–Trinajstić information content (AvgIpc) is 3.53. The monoisotopic (exact) mass is 408 g/mol. The van der Waals surface area contributed by atoms with E-state index in [0.29, 0.717) is 12.1 Å². The summed E-state index contributed by atoms with van der Waals surface area (Å²) in [4.78, 5) is 18.6. The summed E-state index contributed by atoms with van der Waals surface area (Å²) >= 11 is 0. The molecule has 3 aromatic rings. The van der Waals surface area contributed by atoms with Crippen LogP contribution in [-0.4, -0.2) is 55.9 Å². The minimum Gasteiger partial charge on any atom is -0.376 e. The van der Waals surface area contributed by atoms with Gasteiger partial charge in [0.2, 0.25) is 0 Å². The number of nitrogens with one attached hydrogen (secondary N) is 1. The number of H-pyrrole nitrogens is 1. The second-order valence-electron chi connectivity index (χ2n) is 8.33. The van der Waals surface area contributed by atoms with Crippen LogP contribution >= 0.6 is 0 Å². The van der Waals surface area contributed by atoms with Gasteiger partial charge in [0.05, 0.1) is 12.6 Å². The van der Waals surface area contributed by atoms with Crippen molar-refractivity contribution in [2.75, 3.05) is 19.7 Å². The highest BCUT2D eigenvalue weighted by atomic mass is 16.5. The van der Waals surface area contributed by atoms with Crippen molar-refractivity contribution in [2.45, 2.75) is 57.7 Å². The predicted molar refractivity (Wildman–Crippen MR) is 113 cm³/mol. The Hall–Kier alpha value is -2.58. The standard InChI is InChI=1S/C22H28N6O2/c1-2-15-7-8-19-16(12-15)13-18(22(29)23-19)20(27-9-3-4-10-27)21-24-25-26-28(21)14-17-6-5-11-30-17/h7-8,12-13,17,20H,2-6,9-11,14H2,1H3,(H,23,29)/t17-,20+/m0/s1. The Labute approximate surface area is 175 Å². The van der Waals surface area contributed by atoms with Gasteiger partial charge >= 0.3 is 0 Å². The molecule has 1 aromatic carbocycles. The lowest BCUT2D eigenvalue weighted by Crippen LogP contribution is -2.34. The third kappa shape index (κ3) is 3.65. The summed E-state index contributed by atoms with van der Waals surface area (Å²) in [6.07, 6.45) is 5.42. The molecule has 30 heavy (non-hydrogen) atoms. The third-order valence-corrected chi connectivity index (χ3v) is 6.35. The highest BCUT2D eigenvalue weighted by Gasteiger charge is 2.32. The topological polar surface area (TPSA) is 88.9 Å². The first-order chi connectivity index (χ1) is 14.7. The van der Waals surface area contributed by atoms with Gasteiger partial charge in [-0.05, 0) is 84.8 Å². The number of fused-ring (bicyclic) bond motifs is 1. The maximum Gasteiger partial charge on any atom is 0.253 e. The fourth-order valence-electron chi connectivity index (χ4n) is 4.71. The molecule has 4 heterocycles. The zero-order valence-corrected chi connectivity index (χ0v) is 17.4. The van der Waals surface area contributed by atoms with Crippen LogP contribution in [0.1, 0.15) is 55.6 Å². The predicted octanol–water partition coefficient (Wildman–Crippen LogP) is 2.44. The van der Waals surface area contributed by atoms with Crippen molar-refractivity contribution in [3.63, 3.8) is 0 Å². The summed E-state index contributed by atoms with van der Waals surface area (Å²) in [5.41, 5.74) is 2.75. The van der Waals surface area contributed by atoms with E-state index in [1.807, 2.05) is 16.8 Å². The number of hydrogen-bond acceptors (Lipinski definition) is 6. The molecule has 2 aliphatic heterocycles. The van der Waals surface area contributed by atoms with Gasteiger partial charge in [0.15, 0.2) is 5.82 Å². The van der Waals surface area contributed by atoms with Crippen molar-refractivity contribution in [3.8, 4) is 0 Å². The summed E-state index contributed by atoms with van der Waals surface area (Å²) in [7, 11) is 0. The Balaban J connectivity index is 1.59. The molecule has 2 aromatic heterocycles. The number of pyridine rings is 1. The van der Waals surface area contributed by atoms with Gasteiger partial charge in [0.1, 0.15) is 6.04 Å². The van der Waals surface area contributed by atoms with Crippen molar-refractivity contribution in [3.05, 3.63) is 51.6 Å². The van der Waals surface area contributed by atoms with Crippen LogP contribution in [-0.2, 0) is 17.7 Å². The zero-order chi connectivity index (χ0) is 20.5. The fourth-order valence-corrected chi connectivity index (χ4v) is 4.71. The number of likely N-dealkylation sites (tertiary alicyclic amines) is 1. The Morgan fingerprint density at radius 2 is 2.10 bits per heavy atom. The van der Waals surface area contributed by atoms with Crippen LogP contribution in [0.15, 0.2) is 29.1 Å². The van der Waals surface area contributed by atoms with E-state index in [4.69, 9.17) is 4.74 Å². The lowest BCUT2D eigenvalue weighted by molar-refractivity contribution is 0.0912. The molecule has 0 radical (unpaired) electrons. The first kappa shape index (κ1) is 19.4.